The molecule has 0 radical (unpaired) electrons. The third-order valence-corrected chi connectivity index (χ3v) is 6.22. The van der Waals surface area contributed by atoms with E-state index < -0.39 is 17.3 Å². The van der Waals surface area contributed by atoms with Crippen LogP contribution in [0.2, 0.25) is 0 Å². The number of anilines is 1. The minimum absolute atomic E-state index is 0.272. The summed E-state index contributed by atoms with van der Waals surface area (Å²) in [6.45, 7) is 7.60. The molecule has 1 fully saturated rings. The maximum atomic E-state index is 13.0. The second kappa shape index (κ2) is 8.85. The predicted molar refractivity (Wildman–Crippen MR) is 120 cm³/mol. The quantitative estimate of drug-likeness (QED) is 0.530. The van der Waals surface area contributed by atoms with Crippen molar-refractivity contribution in [3.05, 3.63) is 36.0 Å². The lowest BCUT2D eigenvalue weighted by Gasteiger charge is -2.33. The van der Waals surface area contributed by atoms with Gasteiger partial charge in [0.25, 0.3) is 0 Å². The van der Waals surface area contributed by atoms with Gasteiger partial charge in [-0.05, 0) is 51.7 Å². The van der Waals surface area contributed by atoms with Gasteiger partial charge in [-0.25, -0.2) is 14.3 Å². The summed E-state index contributed by atoms with van der Waals surface area (Å²) < 4.78 is 45.9. The van der Waals surface area contributed by atoms with Crippen molar-refractivity contribution in [2.45, 2.75) is 45.4 Å². The Hall–Kier alpha value is -2.82. The van der Waals surface area contributed by atoms with E-state index in [-0.39, 0.29) is 6.09 Å². The highest BCUT2D eigenvalue weighted by atomic mass is 32.1. The molecule has 33 heavy (non-hydrogen) atoms. The standard InChI is InChI=1S/C22H26F3N5O2S/c1-21(2,3)32-20(31)29-9-7-14(8-10-29)12-26-18-28-30-13-17(27-19(30)33-18)15-5-4-6-16(11-15)22(23,24)25/h4-6,11,13-14H,7-10,12H2,1-3H3,(H,26,28). The zero-order valence-electron chi connectivity index (χ0n) is 18.6. The summed E-state index contributed by atoms with van der Waals surface area (Å²) in [6, 6.07) is 5.11. The molecule has 0 atom stereocenters. The molecular weight excluding hydrogens is 455 g/mol. The van der Waals surface area contributed by atoms with E-state index in [0.717, 1.165) is 31.5 Å². The van der Waals surface area contributed by atoms with Gasteiger partial charge in [0.1, 0.15) is 5.60 Å². The Labute approximate surface area is 193 Å². The zero-order valence-corrected chi connectivity index (χ0v) is 19.5. The molecule has 1 N–H and O–H groups in total. The van der Waals surface area contributed by atoms with Crippen LogP contribution in [0.3, 0.4) is 0 Å². The predicted octanol–water partition coefficient (Wildman–Crippen LogP) is 5.54. The van der Waals surface area contributed by atoms with Crippen molar-refractivity contribution in [2.75, 3.05) is 25.0 Å². The van der Waals surface area contributed by atoms with Gasteiger partial charge in [-0.2, -0.15) is 13.2 Å². The highest BCUT2D eigenvalue weighted by molar-refractivity contribution is 7.20. The number of alkyl halides is 3. The number of halogens is 3. The first-order valence-electron chi connectivity index (χ1n) is 10.7. The molecule has 11 heteroatoms. The molecule has 1 amide bonds. The van der Waals surface area contributed by atoms with E-state index in [9.17, 15) is 18.0 Å². The van der Waals surface area contributed by atoms with Crippen LogP contribution in [-0.4, -0.2) is 50.8 Å². The van der Waals surface area contributed by atoms with Gasteiger partial charge >= 0.3 is 12.3 Å². The molecule has 3 aromatic rings. The van der Waals surface area contributed by atoms with Crippen LogP contribution >= 0.6 is 11.3 Å². The number of nitrogens with zero attached hydrogens (tertiary/aromatic N) is 4. The minimum Gasteiger partial charge on any atom is -0.444 e. The van der Waals surface area contributed by atoms with E-state index in [1.165, 1.54) is 17.4 Å². The smallest absolute Gasteiger partial charge is 0.416 e. The highest BCUT2D eigenvalue weighted by Gasteiger charge is 2.31. The Bertz CT molecular complexity index is 1100. The highest BCUT2D eigenvalue weighted by Crippen LogP contribution is 2.32. The number of likely N-dealkylation sites (tertiary alicyclic amines) is 1. The molecule has 0 bridgehead atoms. The number of ether oxygens (including phenoxy) is 1. The van der Waals surface area contributed by atoms with E-state index >= 15 is 0 Å². The van der Waals surface area contributed by atoms with Gasteiger partial charge in [-0.3, -0.25) is 0 Å². The summed E-state index contributed by atoms with van der Waals surface area (Å²) in [5, 5.41) is 8.47. The van der Waals surface area contributed by atoms with Crippen molar-refractivity contribution in [1.82, 2.24) is 19.5 Å². The van der Waals surface area contributed by atoms with Gasteiger partial charge in [0.05, 0.1) is 17.5 Å². The number of aromatic nitrogens is 3. The molecule has 1 aliphatic rings. The topological polar surface area (TPSA) is 71.8 Å². The number of carbonyl (C=O) groups is 1. The first-order valence-corrected chi connectivity index (χ1v) is 11.6. The fraction of sp³-hybridized carbons (Fsp3) is 0.500. The molecule has 3 heterocycles. The summed E-state index contributed by atoms with van der Waals surface area (Å²) in [5.41, 5.74) is -0.363. The number of nitrogens with one attached hydrogen (secondary N) is 1. The Morgan fingerprint density at radius 2 is 1.97 bits per heavy atom. The second-order valence-corrected chi connectivity index (χ2v) is 10.1. The van der Waals surface area contributed by atoms with Crippen molar-refractivity contribution in [3.63, 3.8) is 0 Å². The van der Waals surface area contributed by atoms with Crippen LogP contribution in [0.15, 0.2) is 30.5 Å². The molecule has 4 rings (SSSR count). The molecule has 1 saturated heterocycles. The van der Waals surface area contributed by atoms with Crippen LogP contribution < -0.4 is 5.32 Å². The number of carbonyl (C=O) groups excluding carboxylic acids is 1. The number of fused-ring (bicyclic) bond motifs is 1. The number of imidazole rings is 1. The lowest BCUT2D eigenvalue weighted by atomic mass is 9.97. The van der Waals surface area contributed by atoms with Crippen LogP contribution in [0.25, 0.3) is 16.2 Å². The fourth-order valence-electron chi connectivity index (χ4n) is 3.64. The normalized spacial score (nSPS) is 15.8. The van der Waals surface area contributed by atoms with Crippen molar-refractivity contribution in [3.8, 4) is 11.3 Å². The molecule has 1 aromatic carbocycles. The van der Waals surface area contributed by atoms with Gasteiger partial charge in [0, 0.05) is 25.2 Å². The fourth-order valence-corrected chi connectivity index (χ4v) is 4.43. The SMILES string of the molecule is CC(C)(C)OC(=O)N1CCC(CNc2nn3cc(-c4cccc(C(F)(F)F)c4)nc3s2)CC1. The average molecular weight is 482 g/mol. The Morgan fingerprint density at radius 1 is 1.24 bits per heavy atom. The Morgan fingerprint density at radius 3 is 2.61 bits per heavy atom. The number of benzene rings is 1. The molecule has 0 unspecified atom stereocenters. The van der Waals surface area contributed by atoms with Crippen LogP contribution in [-0.2, 0) is 10.9 Å². The molecule has 0 spiro atoms. The molecule has 0 saturated carbocycles. The first kappa shape index (κ1) is 23.3. The molecule has 0 aliphatic carbocycles. The van der Waals surface area contributed by atoms with Gasteiger partial charge in [-0.15, -0.1) is 5.10 Å². The second-order valence-electron chi connectivity index (χ2n) is 9.13. The van der Waals surface area contributed by atoms with E-state index in [2.05, 4.69) is 15.4 Å². The van der Waals surface area contributed by atoms with Crippen molar-refractivity contribution in [2.24, 2.45) is 5.92 Å². The van der Waals surface area contributed by atoms with E-state index in [4.69, 9.17) is 4.74 Å². The summed E-state index contributed by atoms with van der Waals surface area (Å²) in [5.74, 6) is 0.403. The zero-order chi connectivity index (χ0) is 23.8. The summed E-state index contributed by atoms with van der Waals surface area (Å²) >= 11 is 1.35. The minimum atomic E-state index is -4.40. The molecule has 1 aliphatic heterocycles. The van der Waals surface area contributed by atoms with E-state index in [0.29, 0.717) is 40.4 Å². The van der Waals surface area contributed by atoms with Gasteiger partial charge in [0.2, 0.25) is 10.1 Å². The Balaban J connectivity index is 1.32. The van der Waals surface area contributed by atoms with E-state index in [1.54, 1.807) is 21.7 Å². The van der Waals surface area contributed by atoms with Gasteiger partial charge < -0.3 is 15.0 Å². The van der Waals surface area contributed by atoms with Crippen LogP contribution in [0, 0.1) is 5.92 Å². The van der Waals surface area contributed by atoms with Gasteiger partial charge in [-0.1, -0.05) is 23.5 Å². The van der Waals surface area contributed by atoms with Crippen LogP contribution in [0.5, 0.6) is 0 Å². The summed E-state index contributed by atoms with van der Waals surface area (Å²) in [7, 11) is 0. The molecule has 2 aromatic heterocycles. The lowest BCUT2D eigenvalue weighted by molar-refractivity contribution is -0.137. The van der Waals surface area contributed by atoms with Crippen LogP contribution in [0.4, 0.5) is 23.1 Å². The number of amides is 1. The number of piperidine rings is 1. The van der Waals surface area contributed by atoms with Crippen LogP contribution in [0.1, 0.15) is 39.2 Å². The lowest BCUT2D eigenvalue weighted by Crippen LogP contribution is -2.42. The monoisotopic (exact) mass is 481 g/mol. The third kappa shape index (κ3) is 5.76. The number of hydrogen-bond donors (Lipinski definition) is 1. The van der Waals surface area contributed by atoms with Crippen molar-refractivity contribution in [1.29, 1.82) is 0 Å². The Kier molecular flexibility index (Phi) is 6.26. The summed E-state index contributed by atoms with van der Waals surface area (Å²) in [6.07, 6.45) is -1.30. The largest absolute Gasteiger partial charge is 0.444 e. The number of hydrogen-bond acceptors (Lipinski definition) is 6. The molecular formula is C22H26F3N5O2S. The van der Waals surface area contributed by atoms with E-state index in [1.807, 2.05) is 20.8 Å². The third-order valence-electron chi connectivity index (χ3n) is 5.34. The molecule has 7 nitrogen and oxygen atoms in total. The van der Waals surface area contributed by atoms with Gasteiger partial charge in [0.15, 0.2) is 0 Å². The van der Waals surface area contributed by atoms with Crippen molar-refractivity contribution < 1.29 is 22.7 Å². The van der Waals surface area contributed by atoms with Crippen molar-refractivity contribution >= 4 is 27.5 Å². The average Bonchev–Trinajstić information content (AvgIpc) is 3.30. The maximum absolute atomic E-state index is 13.0. The number of rotatable bonds is 4. The molecule has 178 valence electrons. The first-order chi connectivity index (χ1) is 15.5. The summed E-state index contributed by atoms with van der Waals surface area (Å²) in [4.78, 5) is 19.0. The maximum Gasteiger partial charge on any atom is 0.416 e.